The third kappa shape index (κ3) is 3.08. The topological polar surface area (TPSA) is 154 Å². The molecule has 0 bridgehead atoms. The zero-order valence-electron chi connectivity index (χ0n) is 16.1. The van der Waals surface area contributed by atoms with Gasteiger partial charge in [-0.2, -0.15) is 5.10 Å². The molecule has 1 saturated carbocycles. The Balaban J connectivity index is 1.17. The van der Waals surface area contributed by atoms with Gasteiger partial charge in [0.25, 0.3) is 0 Å². The fraction of sp³-hybridized carbons (Fsp3) is 0.611. The first kappa shape index (κ1) is 19.5. The molecule has 3 aliphatic rings. The van der Waals surface area contributed by atoms with E-state index in [0.29, 0.717) is 31.0 Å². The lowest BCUT2D eigenvalue weighted by molar-refractivity contribution is -0.0810. The van der Waals surface area contributed by atoms with Crippen molar-refractivity contribution < 1.29 is 34.0 Å². The van der Waals surface area contributed by atoms with Gasteiger partial charge in [0.1, 0.15) is 36.8 Å². The molecule has 0 spiro atoms. The second-order valence-electron chi connectivity index (χ2n) is 7.60. The number of fused-ring (bicyclic) bond motifs is 2. The molecule has 2 aromatic heterocycles. The van der Waals surface area contributed by atoms with Gasteiger partial charge in [0.15, 0.2) is 17.5 Å². The van der Waals surface area contributed by atoms with Crippen molar-refractivity contribution in [1.29, 1.82) is 0 Å². The average Bonchev–Trinajstić information content (AvgIpc) is 3.03. The van der Waals surface area contributed by atoms with Gasteiger partial charge in [-0.3, -0.25) is 4.90 Å². The number of anilines is 1. The van der Waals surface area contributed by atoms with E-state index in [1.165, 1.54) is 10.8 Å². The van der Waals surface area contributed by atoms with E-state index >= 15 is 0 Å². The fourth-order valence-electron chi connectivity index (χ4n) is 4.12. The third-order valence-corrected chi connectivity index (χ3v) is 5.89. The first-order valence-electron chi connectivity index (χ1n) is 9.77. The summed E-state index contributed by atoms with van der Waals surface area (Å²) in [5, 5.41) is 25.6. The van der Waals surface area contributed by atoms with E-state index in [4.69, 9.17) is 24.7 Å². The molecule has 12 heteroatoms. The van der Waals surface area contributed by atoms with Gasteiger partial charge >= 0.3 is 6.16 Å². The summed E-state index contributed by atoms with van der Waals surface area (Å²) in [5.74, 6) is 0.286. The van der Waals surface area contributed by atoms with Crippen LogP contribution in [0.1, 0.15) is 11.8 Å². The molecule has 0 amide bonds. The number of aliphatic hydroxyl groups is 2. The standard InChI is InChI=1S/C18H23N5O7/c19-16-11-2-1-10(23(11)21-9-20-16)12-13(24)18(26)14(29-12)15(18)30-17(25)28-8-5-22-3-6-27-7-4-22/h1-2,9,12-15,24,26H,3-8H2,(H2,19,20,21)/t12-,13-,14+,15?,18-/m0/s1. The molecule has 2 aliphatic heterocycles. The normalized spacial score (nSPS) is 33.4. The van der Waals surface area contributed by atoms with E-state index in [1.807, 2.05) is 0 Å². The first-order chi connectivity index (χ1) is 14.5. The van der Waals surface area contributed by atoms with Crippen LogP contribution in [-0.4, -0.2) is 99.2 Å². The number of nitrogens with zero attached hydrogens (tertiary/aromatic N) is 4. The monoisotopic (exact) mass is 421 g/mol. The average molecular weight is 421 g/mol. The molecule has 2 saturated heterocycles. The van der Waals surface area contributed by atoms with Crippen molar-refractivity contribution in [3.63, 3.8) is 0 Å². The Bertz CT molecular complexity index is 948. The van der Waals surface area contributed by atoms with Crippen LogP contribution >= 0.6 is 0 Å². The van der Waals surface area contributed by atoms with Gasteiger partial charge in [0, 0.05) is 19.6 Å². The predicted molar refractivity (Wildman–Crippen MR) is 99.5 cm³/mol. The summed E-state index contributed by atoms with van der Waals surface area (Å²) in [6.45, 7) is 3.63. The van der Waals surface area contributed by atoms with Crippen molar-refractivity contribution in [1.82, 2.24) is 19.5 Å². The van der Waals surface area contributed by atoms with Crippen LogP contribution in [0.5, 0.6) is 0 Å². The van der Waals surface area contributed by atoms with Crippen molar-refractivity contribution in [2.45, 2.75) is 30.0 Å². The maximum atomic E-state index is 12.0. The maximum absolute atomic E-state index is 12.0. The van der Waals surface area contributed by atoms with Crippen LogP contribution < -0.4 is 5.73 Å². The number of rotatable bonds is 5. The summed E-state index contributed by atoms with van der Waals surface area (Å²) in [7, 11) is 0. The van der Waals surface area contributed by atoms with Crippen LogP contribution in [-0.2, 0) is 18.9 Å². The number of morpholine rings is 1. The van der Waals surface area contributed by atoms with E-state index in [2.05, 4.69) is 15.0 Å². The predicted octanol–water partition coefficient (Wildman–Crippen LogP) is -1.29. The molecule has 3 fully saturated rings. The van der Waals surface area contributed by atoms with Gasteiger partial charge < -0.3 is 34.9 Å². The van der Waals surface area contributed by atoms with Crippen LogP contribution in [0.15, 0.2) is 18.5 Å². The number of aliphatic hydroxyl groups excluding tert-OH is 1. The Kier molecular flexibility index (Phi) is 4.75. The number of nitrogen functional groups attached to an aromatic ring is 1. The van der Waals surface area contributed by atoms with E-state index in [0.717, 1.165) is 13.1 Å². The molecule has 4 heterocycles. The van der Waals surface area contributed by atoms with Gasteiger partial charge in [-0.25, -0.2) is 14.3 Å². The molecule has 4 N–H and O–H groups in total. The molecule has 2 aromatic rings. The highest BCUT2D eigenvalue weighted by atomic mass is 16.7. The number of hydrogen-bond acceptors (Lipinski definition) is 11. The molecule has 30 heavy (non-hydrogen) atoms. The molecule has 5 rings (SSSR count). The number of carbonyl (C=O) groups is 1. The highest BCUT2D eigenvalue weighted by Gasteiger charge is 2.79. The number of ether oxygens (including phenoxy) is 4. The van der Waals surface area contributed by atoms with E-state index in [1.54, 1.807) is 12.1 Å². The van der Waals surface area contributed by atoms with Crippen LogP contribution in [0.25, 0.3) is 5.52 Å². The number of nitrogens with two attached hydrogens (primary N) is 1. The molecule has 162 valence electrons. The number of hydrogen-bond donors (Lipinski definition) is 3. The van der Waals surface area contributed by atoms with Crippen molar-refractivity contribution in [3.05, 3.63) is 24.2 Å². The summed E-state index contributed by atoms with van der Waals surface area (Å²) >= 11 is 0. The van der Waals surface area contributed by atoms with Crippen molar-refractivity contribution >= 4 is 17.5 Å². The molecule has 0 aromatic carbocycles. The lowest BCUT2D eigenvalue weighted by Crippen LogP contribution is -2.39. The largest absolute Gasteiger partial charge is 0.508 e. The Morgan fingerprint density at radius 1 is 1.37 bits per heavy atom. The second-order valence-corrected chi connectivity index (χ2v) is 7.60. The minimum atomic E-state index is -1.70. The summed E-state index contributed by atoms with van der Waals surface area (Å²) in [6, 6.07) is 3.40. The number of carbonyl (C=O) groups excluding carboxylic acids is 1. The minimum Gasteiger partial charge on any atom is -0.433 e. The van der Waals surface area contributed by atoms with Crippen LogP contribution in [0, 0.1) is 0 Å². The smallest absolute Gasteiger partial charge is 0.433 e. The zero-order chi connectivity index (χ0) is 20.9. The molecule has 1 unspecified atom stereocenters. The lowest BCUT2D eigenvalue weighted by atomic mass is 10.1. The van der Waals surface area contributed by atoms with Crippen molar-refractivity contribution in [3.8, 4) is 0 Å². The van der Waals surface area contributed by atoms with Crippen LogP contribution in [0.3, 0.4) is 0 Å². The highest BCUT2D eigenvalue weighted by Crippen LogP contribution is 2.56. The van der Waals surface area contributed by atoms with Crippen LogP contribution in [0.4, 0.5) is 10.6 Å². The zero-order valence-corrected chi connectivity index (χ0v) is 16.1. The SMILES string of the molecule is Nc1ncnn2c([C@@H]3O[C@@H]4C(OC(=O)OCCN5CCOCC5)[C@]4(O)[C@H]3O)ccc12. The minimum absolute atomic E-state index is 0.165. The Morgan fingerprint density at radius 2 is 2.17 bits per heavy atom. The van der Waals surface area contributed by atoms with E-state index in [9.17, 15) is 15.0 Å². The summed E-state index contributed by atoms with van der Waals surface area (Å²) in [4.78, 5) is 18.0. The van der Waals surface area contributed by atoms with E-state index < -0.39 is 36.2 Å². The highest BCUT2D eigenvalue weighted by molar-refractivity contribution is 5.65. The summed E-state index contributed by atoms with van der Waals surface area (Å²) < 4.78 is 22.8. The molecule has 1 aliphatic carbocycles. The maximum Gasteiger partial charge on any atom is 0.508 e. The number of aromatic nitrogens is 3. The molecular formula is C18H23N5O7. The Morgan fingerprint density at radius 3 is 2.90 bits per heavy atom. The second kappa shape index (κ2) is 7.32. The summed E-state index contributed by atoms with van der Waals surface area (Å²) in [6.07, 6.45) is -3.63. The molecule has 12 nitrogen and oxygen atoms in total. The molecule has 0 radical (unpaired) electrons. The molecule has 5 atom stereocenters. The third-order valence-electron chi connectivity index (χ3n) is 5.89. The quantitative estimate of drug-likeness (QED) is 0.494. The van der Waals surface area contributed by atoms with Gasteiger partial charge in [-0.1, -0.05) is 0 Å². The van der Waals surface area contributed by atoms with Gasteiger partial charge in [-0.15, -0.1) is 0 Å². The van der Waals surface area contributed by atoms with Gasteiger partial charge in [0.2, 0.25) is 0 Å². The van der Waals surface area contributed by atoms with Gasteiger partial charge in [0.05, 0.1) is 18.9 Å². The Hall–Kier alpha value is -2.51. The Labute approximate surface area is 171 Å². The van der Waals surface area contributed by atoms with E-state index in [-0.39, 0.29) is 12.4 Å². The van der Waals surface area contributed by atoms with Gasteiger partial charge in [-0.05, 0) is 12.1 Å². The molecular weight excluding hydrogens is 398 g/mol. The van der Waals surface area contributed by atoms with Crippen molar-refractivity contribution in [2.75, 3.05) is 45.2 Å². The first-order valence-corrected chi connectivity index (χ1v) is 9.77. The van der Waals surface area contributed by atoms with Crippen molar-refractivity contribution in [2.24, 2.45) is 0 Å². The lowest BCUT2D eigenvalue weighted by Gasteiger charge is -2.26. The van der Waals surface area contributed by atoms with Crippen LogP contribution in [0.2, 0.25) is 0 Å². The fourth-order valence-corrected chi connectivity index (χ4v) is 4.12. The summed E-state index contributed by atoms with van der Waals surface area (Å²) in [5.41, 5.74) is 5.20.